The number of aliphatic hydroxyl groups is 1. The van der Waals surface area contributed by atoms with E-state index >= 15 is 0 Å². The molecule has 1 aliphatic heterocycles. The first-order chi connectivity index (χ1) is 13.3. The Hall–Kier alpha value is -2.52. The average molecular weight is 394 g/mol. The first-order valence-electron chi connectivity index (χ1n) is 9.15. The molecule has 1 aromatic carbocycles. The number of urea groups is 1. The zero-order chi connectivity index (χ0) is 20.3. The van der Waals surface area contributed by atoms with Crippen LogP contribution in [0.2, 0.25) is 0 Å². The number of piperazine rings is 1. The van der Waals surface area contributed by atoms with Crippen molar-refractivity contribution in [1.29, 1.82) is 0 Å². The number of carbonyl (C=O) groups is 1. The van der Waals surface area contributed by atoms with Gasteiger partial charge in [-0.25, -0.2) is 4.79 Å². The highest BCUT2D eigenvalue weighted by molar-refractivity contribution is 6.02. The summed E-state index contributed by atoms with van der Waals surface area (Å²) in [5.74, 6) is -0.0380. The number of hydrogen-bond donors (Lipinski definition) is 2. The van der Waals surface area contributed by atoms with E-state index in [1.54, 1.807) is 24.0 Å². The number of rotatable bonds is 5. The van der Waals surface area contributed by atoms with Gasteiger partial charge in [-0.1, -0.05) is 0 Å². The van der Waals surface area contributed by atoms with Crippen LogP contribution in [-0.4, -0.2) is 70.9 Å². The fourth-order valence-electron chi connectivity index (χ4n) is 3.43. The Balaban J connectivity index is 1.74. The molecule has 0 aliphatic carbocycles. The van der Waals surface area contributed by atoms with Gasteiger partial charge in [-0.15, -0.1) is 0 Å². The van der Waals surface area contributed by atoms with Gasteiger partial charge in [-0.3, -0.25) is 9.88 Å². The van der Waals surface area contributed by atoms with Crippen LogP contribution in [-0.2, 0) is 0 Å². The summed E-state index contributed by atoms with van der Waals surface area (Å²) >= 11 is 0. The molecule has 28 heavy (non-hydrogen) atoms. The number of benzene rings is 1. The van der Waals surface area contributed by atoms with Crippen molar-refractivity contribution in [3.05, 3.63) is 30.5 Å². The summed E-state index contributed by atoms with van der Waals surface area (Å²) < 4.78 is 29.7. The molecule has 2 N–H and O–H groups in total. The Morgan fingerprint density at radius 3 is 2.86 bits per heavy atom. The predicted molar refractivity (Wildman–Crippen MR) is 102 cm³/mol. The summed E-state index contributed by atoms with van der Waals surface area (Å²) in [6, 6.07) is 6.12. The van der Waals surface area contributed by atoms with Gasteiger partial charge in [0.25, 0.3) is 0 Å². The predicted octanol–water partition coefficient (Wildman–Crippen LogP) is 2.76. The van der Waals surface area contributed by atoms with E-state index in [-0.39, 0.29) is 23.3 Å². The SMILES string of the molecule is C[C@H](O)CN1CCN(C(=O)Nc2ccc(OC(F)F)c3ncccc23)C[C@H]1C. The lowest BCUT2D eigenvalue weighted by molar-refractivity contribution is -0.0489. The Morgan fingerprint density at radius 1 is 1.39 bits per heavy atom. The van der Waals surface area contributed by atoms with Gasteiger partial charge in [0.2, 0.25) is 0 Å². The van der Waals surface area contributed by atoms with E-state index < -0.39 is 12.7 Å². The largest absolute Gasteiger partial charge is 0.432 e. The smallest absolute Gasteiger partial charge is 0.387 e. The summed E-state index contributed by atoms with van der Waals surface area (Å²) in [5, 5.41) is 12.9. The van der Waals surface area contributed by atoms with Crippen LogP contribution in [0.15, 0.2) is 30.5 Å². The van der Waals surface area contributed by atoms with Gasteiger partial charge in [-0.2, -0.15) is 8.78 Å². The van der Waals surface area contributed by atoms with Gasteiger partial charge < -0.3 is 20.1 Å². The number of anilines is 1. The summed E-state index contributed by atoms with van der Waals surface area (Å²) in [7, 11) is 0. The molecule has 0 unspecified atom stereocenters. The third-order valence-corrected chi connectivity index (χ3v) is 4.74. The second-order valence-electron chi connectivity index (χ2n) is 6.96. The van der Waals surface area contributed by atoms with Crippen LogP contribution in [0.1, 0.15) is 13.8 Å². The zero-order valence-corrected chi connectivity index (χ0v) is 15.8. The number of carbonyl (C=O) groups excluding carboxylic acids is 1. The van der Waals surface area contributed by atoms with Gasteiger partial charge in [-0.05, 0) is 38.1 Å². The highest BCUT2D eigenvalue weighted by atomic mass is 19.3. The molecular formula is C19H24F2N4O3. The summed E-state index contributed by atoms with van der Waals surface area (Å²) in [6.45, 7) is 3.10. The Morgan fingerprint density at radius 2 is 2.18 bits per heavy atom. The van der Waals surface area contributed by atoms with Crippen molar-refractivity contribution in [3.63, 3.8) is 0 Å². The molecule has 0 saturated carbocycles. The van der Waals surface area contributed by atoms with Gasteiger partial charge in [0, 0.05) is 43.8 Å². The number of nitrogens with zero attached hydrogens (tertiary/aromatic N) is 3. The number of halogens is 2. The van der Waals surface area contributed by atoms with Gasteiger partial charge in [0.05, 0.1) is 11.8 Å². The second kappa shape index (κ2) is 8.66. The number of aliphatic hydroxyl groups excluding tert-OH is 1. The maximum atomic E-state index is 12.7. The molecule has 1 saturated heterocycles. The van der Waals surface area contributed by atoms with Crippen LogP contribution in [0.5, 0.6) is 5.75 Å². The third-order valence-electron chi connectivity index (χ3n) is 4.74. The van der Waals surface area contributed by atoms with Crippen molar-refractivity contribution in [1.82, 2.24) is 14.8 Å². The molecule has 2 heterocycles. The molecular weight excluding hydrogens is 370 g/mol. The van der Waals surface area contributed by atoms with E-state index in [1.807, 2.05) is 6.92 Å². The number of fused-ring (bicyclic) bond motifs is 1. The fraction of sp³-hybridized carbons (Fsp3) is 0.474. The van der Waals surface area contributed by atoms with Crippen molar-refractivity contribution in [2.75, 3.05) is 31.5 Å². The lowest BCUT2D eigenvalue weighted by Crippen LogP contribution is -2.55. The van der Waals surface area contributed by atoms with Crippen molar-refractivity contribution in [3.8, 4) is 5.75 Å². The lowest BCUT2D eigenvalue weighted by Gasteiger charge is -2.40. The van der Waals surface area contributed by atoms with E-state index in [4.69, 9.17) is 0 Å². The normalized spacial score (nSPS) is 19.1. The summed E-state index contributed by atoms with van der Waals surface area (Å²) in [4.78, 5) is 20.7. The first-order valence-corrected chi connectivity index (χ1v) is 9.15. The lowest BCUT2D eigenvalue weighted by atomic mass is 10.1. The molecule has 0 radical (unpaired) electrons. The maximum Gasteiger partial charge on any atom is 0.387 e. The maximum absolute atomic E-state index is 12.7. The van der Waals surface area contributed by atoms with Crippen molar-refractivity contribution in [2.24, 2.45) is 0 Å². The number of hydrogen-bond acceptors (Lipinski definition) is 5. The van der Waals surface area contributed by atoms with E-state index in [0.29, 0.717) is 37.3 Å². The van der Waals surface area contributed by atoms with Crippen molar-refractivity contribution < 1.29 is 23.4 Å². The van der Waals surface area contributed by atoms with E-state index in [0.717, 1.165) is 0 Å². The molecule has 0 bridgehead atoms. The van der Waals surface area contributed by atoms with E-state index in [1.165, 1.54) is 18.3 Å². The molecule has 1 aliphatic rings. The molecule has 2 amide bonds. The molecule has 2 atom stereocenters. The standard InChI is InChI=1S/C19H24F2N4O3/c1-12-10-25(9-8-24(12)11-13(2)26)19(27)23-15-5-6-16(28-18(20)21)17-14(15)4-3-7-22-17/h3-7,12-13,18,26H,8-11H2,1-2H3,(H,23,27)/t12-,13+/m1/s1. The third kappa shape index (κ3) is 4.66. The van der Waals surface area contributed by atoms with Gasteiger partial charge in [0.1, 0.15) is 5.52 Å². The number of nitrogens with one attached hydrogen (secondary N) is 1. The molecule has 9 heteroatoms. The monoisotopic (exact) mass is 394 g/mol. The number of pyridine rings is 1. The molecule has 7 nitrogen and oxygen atoms in total. The van der Waals surface area contributed by atoms with E-state index in [9.17, 15) is 18.7 Å². The molecule has 1 aromatic heterocycles. The second-order valence-corrected chi connectivity index (χ2v) is 6.96. The van der Waals surface area contributed by atoms with Crippen LogP contribution in [0.3, 0.4) is 0 Å². The highest BCUT2D eigenvalue weighted by Crippen LogP contribution is 2.31. The van der Waals surface area contributed by atoms with Crippen LogP contribution in [0, 0.1) is 0 Å². The Labute approximate surface area is 161 Å². The summed E-state index contributed by atoms with van der Waals surface area (Å²) in [5.41, 5.74) is 0.740. The van der Waals surface area contributed by atoms with Crippen molar-refractivity contribution >= 4 is 22.6 Å². The van der Waals surface area contributed by atoms with Gasteiger partial charge >= 0.3 is 12.6 Å². The molecule has 0 spiro atoms. The van der Waals surface area contributed by atoms with Crippen molar-refractivity contribution in [2.45, 2.75) is 32.6 Å². The fourth-order valence-corrected chi connectivity index (χ4v) is 3.43. The first kappa shape index (κ1) is 20.2. The van der Waals surface area contributed by atoms with Crippen LogP contribution in [0.4, 0.5) is 19.3 Å². The minimum atomic E-state index is -2.95. The molecule has 3 rings (SSSR count). The number of β-amino-alcohol motifs (C(OH)–C–C–N with tert-alkyl or cyclic N) is 1. The minimum absolute atomic E-state index is 0.0380. The minimum Gasteiger partial charge on any atom is -0.432 e. The highest BCUT2D eigenvalue weighted by Gasteiger charge is 2.27. The van der Waals surface area contributed by atoms with Crippen LogP contribution < -0.4 is 10.1 Å². The van der Waals surface area contributed by atoms with Crippen LogP contribution in [0.25, 0.3) is 10.9 Å². The number of ether oxygens (including phenoxy) is 1. The average Bonchev–Trinajstić information content (AvgIpc) is 2.64. The summed E-state index contributed by atoms with van der Waals surface area (Å²) in [6.07, 6.45) is 1.06. The topological polar surface area (TPSA) is 77.9 Å². The van der Waals surface area contributed by atoms with Crippen LogP contribution >= 0.6 is 0 Å². The number of aromatic nitrogens is 1. The molecule has 152 valence electrons. The van der Waals surface area contributed by atoms with Gasteiger partial charge in [0.15, 0.2) is 5.75 Å². The number of alkyl halides is 2. The Kier molecular flexibility index (Phi) is 6.25. The van der Waals surface area contributed by atoms with E-state index in [2.05, 4.69) is 19.9 Å². The molecule has 2 aromatic rings. The molecule has 1 fully saturated rings. The zero-order valence-electron chi connectivity index (χ0n) is 15.8. The quantitative estimate of drug-likeness (QED) is 0.816. The Bertz CT molecular complexity index is 834. The number of amides is 2.